The van der Waals surface area contributed by atoms with Crippen molar-refractivity contribution in [1.82, 2.24) is 19.1 Å². The van der Waals surface area contributed by atoms with Crippen molar-refractivity contribution in [1.29, 1.82) is 0 Å². The lowest BCUT2D eigenvalue weighted by Crippen LogP contribution is -2.52. The van der Waals surface area contributed by atoms with E-state index < -0.39 is 10.0 Å². The molecule has 1 atom stereocenters. The van der Waals surface area contributed by atoms with Crippen LogP contribution in [-0.2, 0) is 14.8 Å². The molecule has 3 aromatic rings. The van der Waals surface area contributed by atoms with Gasteiger partial charge >= 0.3 is 0 Å². The fourth-order valence-electron chi connectivity index (χ4n) is 5.35. The molecule has 37 heavy (non-hydrogen) atoms. The fourth-order valence-corrected chi connectivity index (χ4v) is 6.91. The third-order valence-corrected chi connectivity index (χ3v) is 9.50. The molecule has 194 valence electrons. The highest BCUT2D eigenvalue weighted by atomic mass is 35.5. The molecule has 0 saturated carbocycles. The van der Waals surface area contributed by atoms with E-state index in [1.807, 2.05) is 23.1 Å². The SMILES string of the molecule is O=C(C1CCN(S(=O)(=O)c2cccnc2)CC1)N1CCN([C@@H](c2ccccc2)c2ccc(Cl)cc2)CC1. The summed E-state index contributed by atoms with van der Waals surface area (Å²) >= 11 is 6.14. The van der Waals surface area contributed by atoms with Crippen LogP contribution in [0.1, 0.15) is 30.0 Å². The molecule has 2 aliphatic heterocycles. The number of piperazine rings is 1. The summed E-state index contributed by atoms with van der Waals surface area (Å²) in [5, 5.41) is 0.713. The summed E-state index contributed by atoms with van der Waals surface area (Å²) in [5.74, 6) is -0.00564. The maximum Gasteiger partial charge on any atom is 0.244 e. The number of piperidine rings is 1. The number of pyridine rings is 1. The standard InChI is InChI=1S/C28H31ClN4O3S/c29-25-10-8-23(9-11-25)27(22-5-2-1-3-6-22)31-17-19-32(20-18-31)28(34)24-12-15-33(16-13-24)37(35,36)26-7-4-14-30-21-26/h1-11,14,21,24,27H,12-13,15-20H2/t27-/m0/s1. The molecule has 0 bridgehead atoms. The summed E-state index contributed by atoms with van der Waals surface area (Å²) in [6.07, 6.45) is 4.01. The van der Waals surface area contributed by atoms with Crippen LogP contribution >= 0.6 is 11.6 Å². The summed E-state index contributed by atoms with van der Waals surface area (Å²) in [4.78, 5) is 21.9. The first kappa shape index (κ1) is 25.9. The van der Waals surface area contributed by atoms with Crippen molar-refractivity contribution < 1.29 is 13.2 Å². The molecule has 7 nitrogen and oxygen atoms in total. The minimum absolute atomic E-state index is 0.0941. The van der Waals surface area contributed by atoms with Gasteiger partial charge in [0.15, 0.2) is 0 Å². The van der Waals surface area contributed by atoms with Crippen molar-refractivity contribution in [3.8, 4) is 0 Å². The Morgan fingerprint density at radius 2 is 1.49 bits per heavy atom. The van der Waals surface area contributed by atoms with Gasteiger partial charge in [-0.3, -0.25) is 14.7 Å². The highest BCUT2D eigenvalue weighted by Crippen LogP contribution is 2.31. The number of carbonyl (C=O) groups is 1. The van der Waals surface area contributed by atoms with Crippen molar-refractivity contribution in [3.05, 3.63) is 95.3 Å². The first-order valence-corrected chi connectivity index (χ1v) is 14.5. The Balaban J connectivity index is 1.20. The summed E-state index contributed by atoms with van der Waals surface area (Å²) in [7, 11) is -3.58. The molecule has 2 aromatic carbocycles. The Kier molecular flexibility index (Phi) is 7.90. The molecule has 2 fully saturated rings. The van der Waals surface area contributed by atoms with E-state index in [1.54, 1.807) is 18.3 Å². The van der Waals surface area contributed by atoms with E-state index in [-0.39, 0.29) is 22.8 Å². The van der Waals surface area contributed by atoms with Crippen LogP contribution in [0.15, 0.2) is 84.0 Å². The first-order valence-electron chi connectivity index (χ1n) is 12.7. The highest BCUT2D eigenvalue weighted by molar-refractivity contribution is 7.89. The molecule has 0 spiro atoms. The van der Waals surface area contributed by atoms with E-state index in [0.29, 0.717) is 44.0 Å². The van der Waals surface area contributed by atoms with Gasteiger partial charge in [-0.2, -0.15) is 4.31 Å². The molecule has 3 heterocycles. The molecule has 1 amide bonds. The molecular formula is C28H31ClN4O3S. The van der Waals surface area contributed by atoms with Gasteiger partial charge in [-0.25, -0.2) is 8.42 Å². The van der Waals surface area contributed by atoms with Crippen LogP contribution in [0.2, 0.25) is 5.02 Å². The van der Waals surface area contributed by atoms with Gasteiger partial charge in [-0.1, -0.05) is 54.1 Å². The fraction of sp³-hybridized carbons (Fsp3) is 0.357. The van der Waals surface area contributed by atoms with Gasteiger partial charge in [0, 0.05) is 62.6 Å². The molecule has 0 aliphatic carbocycles. The lowest BCUT2D eigenvalue weighted by Gasteiger charge is -2.41. The average molecular weight is 539 g/mol. The predicted molar refractivity (Wildman–Crippen MR) is 144 cm³/mol. The minimum atomic E-state index is -3.58. The van der Waals surface area contributed by atoms with Crippen LogP contribution in [0, 0.1) is 5.92 Å². The Morgan fingerprint density at radius 1 is 0.838 bits per heavy atom. The number of hydrogen-bond donors (Lipinski definition) is 0. The Hall–Kier alpha value is -2.78. The zero-order valence-corrected chi connectivity index (χ0v) is 22.2. The van der Waals surface area contributed by atoms with Crippen LogP contribution in [0.25, 0.3) is 0 Å². The first-order chi connectivity index (χ1) is 17.9. The summed E-state index contributed by atoms with van der Waals surface area (Å²) < 4.78 is 27.3. The maximum absolute atomic E-state index is 13.3. The monoisotopic (exact) mass is 538 g/mol. The lowest BCUT2D eigenvalue weighted by molar-refractivity contribution is -0.138. The number of aromatic nitrogens is 1. The maximum atomic E-state index is 13.3. The molecule has 5 rings (SSSR count). The van der Waals surface area contributed by atoms with Crippen LogP contribution in [0.4, 0.5) is 0 Å². The van der Waals surface area contributed by atoms with E-state index in [2.05, 4.69) is 46.3 Å². The lowest BCUT2D eigenvalue weighted by atomic mass is 9.95. The van der Waals surface area contributed by atoms with E-state index in [9.17, 15) is 13.2 Å². The Bertz CT molecular complexity index is 1290. The quantitative estimate of drug-likeness (QED) is 0.473. The largest absolute Gasteiger partial charge is 0.340 e. The molecule has 9 heteroatoms. The topological polar surface area (TPSA) is 73.8 Å². The van der Waals surface area contributed by atoms with Crippen molar-refractivity contribution in [2.75, 3.05) is 39.3 Å². The number of benzene rings is 2. The van der Waals surface area contributed by atoms with Crippen LogP contribution in [0.3, 0.4) is 0 Å². The predicted octanol–water partition coefficient (Wildman–Crippen LogP) is 4.07. The molecule has 2 saturated heterocycles. The van der Waals surface area contributed by atoms with Gasteiger partial charge < -0.3 is 4.90 Å². The van der Waals surface area contributed by atoms with Crippen molar-refractivity contribution in [3.63, 3.8) is 0 Å². The zero-order chi connectivity index (χ0) is 25.8. The molecule has 0 radical (unpaired) electrons. The molecule has 0 N–H and O–H groups in total. The molecule has 1 aromatic heterocycles. The number of carbonyl (C=O) groups excluding carboxylic acids is 1. The van der Waals surface area contributed by atoms with Gasteiger partial charge in [0.05, 0.1) is 6.04 Å². The second kappa shape index (κ2) is 11.3. The molecule has 0 unspecified atom stereocenters. The molecule has 2 aliphatic rings. The minimum Gasteiger partial charge on any atom is -0.340 e. The third kappa shape index (κ3) is 5.72. The van der Waals surface area contributed by atoms with Gasteiger partial charge in [-0.05, 0) is 48.2 Å². The van der Waals surface area contributed by atoms with Crippen LogP contribution in [-0.4, -0.2) is 72.7 Å². The summed E-state index contributed by atoms with van der Waals surface area (Å²) in [6, 6.07) is 21.7. The smallest absolute Gasteiger partial charge is 0.244 e. The Morgan fingerprint density at radius 3 is 2.11 bits per heavy atom. The summed E-state index contributed by atoms with van der Waals surface area (Å²) in [6.45, 7) is 3.54. The number of hydrogen-bond acceptors (Lipinski definition) is 5. The van der Waals surface area contributed by atoms with Gasteiger partial charge in [0.1, 0.15) is 4.90 Å². The van der Waals surface area contributed by atoms with Gasteiger partial charge in [0.2, 0.25) is 15.9 Å². The normalized spacial score (nSPS) is 19.0. The molecular weight excluding hydrogens is 508 g/mol. The van der Waals surface area contributed by atoms with Gasteiger partial charge in [0.25, 0.3) is 0 Å². The van der Waals surface area contributed by atoms with Crippen molar-refractivity contribution >= 4 is 27.5 Å². The highest BCUT2D eigenvalue weighted by Gasteiger charge is 2.35. The van der Waals surface area contributed by atoms with Gasteiger partial charge in [-0.15, -0.1) is 0 Å². The van der Waals surface area contributed by atoms with E-state index >= 15 is 0 Å². The third-order valence-electron chi connectivity index (χ3n) is 7.37. The second-order valence-electron chi connectivity index (χ2n) is 9.59. The van der Waals surface area contributed by atoms with Crippen molar-refractivity contribution in [2.45, 2.75) is 23.8 Å². The summed E-state index contributed by atoms with van der Waals surface area (Å²) in [5.41, 5.74) is 2.39. The number of rotatable bonds is 6. The number of sulfonamides is 1. The van der Waals surface area contributed by atoms with E-state index in [1.165, 1.54) is 21.6 Å². The number of amides is 1. The van der Waals surface area contributed by atoms with E-state index in [0.717, 1.165) is 13.1 Å². The van der Waals surface area contributed by atoms with E-state index in [4.69, 9.17) is 11.6 Å². The van der Waals surface area contributed by atoms with Crippen LogP contribution in [0.5, 0.6) is 0 Å². The van der Waals surface area contributed by atoms with Crippen molar-refractivity contribution in [2.24, 2.45) is 5.92 Å². The Labute approximate surface area is 223 Å². The number of nitrogens with zero attached hydrogens (tertiary/aromatic N) is 4. The number of halogens is 1. The second-order valence-corrected chi connectivity index (χ2v) is 12.0. The average Bonchev–Trinajstić information content (AvgIpc) is 2.95. The zero-order valence-electron chi connectivity index (χ0n) is 20.6. The van der Waals surface area contributed by atoms with Crippen LogP contribution < -0.4 is 0 Å².